The van der Waals surface area contributed by atoms with Gasteiger partial charge in [0.25, 0.3) is 5.91 Å². The molecule has 32 heavy (non-hydrogen) atoms. The number of fused-ring (bicyclic) bond motifs is 1. The molecule has 0 spiro atoms. The standard InChI is InChI=1S/C27H24N2O2S/c1-3-24-27(30)29(26(19-10-6-4-7-11-19)20-12-8-5-9-13-20)23-16-21(14-15-25(23)31-24)22-17-32-18(2)28-22/h4-17,24,26H,3H2,1-2H3. The third kappa shape index (κ3) is 3.69. The number of carbonyl (C=O) groups is 1. The van der Waals surface area contributed by atoms with E-state index in [2.05, 4.69) is 29.2 Å². The molecule has 5 heteroatoms. The van der Waals surface area contributed by atoms with Crippen LogP contribution in [0.15, 0.2) is 84.2 Å². The molecule has 1 aromatic heterocycles. The molecule has 0 saturated carbocycles. The molecular formula is C27H24N2O2S. The number of anilines is 1. The molecule has 1 atom stereocenters. The van der Waals surface area contributed by atoms with E-state index < -0.39 is 6.10 Å². The van der Waals surface area contributed by atoms with Crippen molar-refractivity contribution in [1.29, 1.82) is 0 Å². The number of hydrogen-bond acceptors (Lipinski definition) is 4. The molecule has 1 aliphatic rings. The van der Waals surface area contributed by atoms with Crippen LogP contribution in [0.25, 0.3) is 11.3 Å². The van der Waals surface area contributed by atoms with Crippen molar-refractivity contribution in [2.45, 2.75) is 32.4 Å². The second kappa shape index (κ2) is 8.60. The van der Waals surface area contributed by atoms with Crippen LogP contribution < -0.4 is 9.64 Å². The van der Waals surface area contributed by atoms with Crippen molar-refractivity contribution in [3.8, 4) is 17.0 Å². The summed E-state index contributed by atoms with van der Waals surface area (Å²) in [7, 11) is 0. The van der Waals surface area contributed by atoms with E-state index >= 15 is 0 Å². The van der Waals surface area contributed by atoms with Crippen LogP contribution in [0.1, 0.15) is 35.5 Å². The Morgan fingerprint density at radius 2 is 1.66 bits per heavy atom. The highest BCUT2D eigenvalue weighted by atomic mass is 32.1. The van der Waals surface area contributed by atoms with Crippen LogP contribution in [0.5, 0.6) is 5.75 Å². The van der Waals surface area contributed by atoms with Gasteiger partial charge in [-0.25, -0.2) is 4.98 Å². The first kappa shape index (κ1) is 20.5. The Morgan fingerprint density at radius 3 is 2.22 bits per heavy atom. The Labute approximate surface area is 192 Å². The summed E-state index contributed by atoms with van der Waals surface area (Å²) in [6, 6.07) is 26.1. The van der Waals surface area contributed by atoms with Gasteiger partial charge in [-0.1, -0.05) is 67.6 Å². The van der Waals surface area contributed by atoms with E-state index in [4.69, 9.17) is 4.74 Å². The molecule has 2 heterocycles. The lowest BCUT2D eigenvalue weighted by atomic mass is 9.94. The largest absolute Gasteiger partial charge is 0.478 e. The molecule has 0 bridgehead atoms. The summed E-state index contributed by atoms with van der Waals surface area (Å²) in [5, 5.41) is 3.06. The number of amides is 1. The van der Waals surface area contributed by atoms with Crippen LogP contribution in [-0.4, -0.2) is 17.0 Å². The lowest BCUT2D eigenvalue weighted by Gasteiger charge is -2.39. The fraction of sp³-hybridized carbons (Fsp3) is 0.185. The number of rotatable bonds is 5. The van der Waals surface area contributed by atoms with Gasteiger partial charge in [-0.2, -0.15) is 0 Å². The number of aryl methyl sites for hydroxylation is 1. The van der Waals surface area contributed by atoms with Gasteiger partial charge in [0.15, 0.2) is 6.10 Å². The average molecular weight is 441 g/mol. The molecule has 1 unspecified atom stereocenters. The van der Waals surface area contributed by atoms with E-state index in [0.717, 1.165) is 38.8 Å². The molecule has 0 saturated heterocycles. The summed E-state index contributed by atoms with van der Waals surface area (Å²) < 4.78 is 6.13. The van der Waals surface area contributed by atoms with Crippen LogP contribution in [0.4, 0.5) is 5.69 Å². The normalized spacial score (nSPS) is 15.5. The van der Waals surface area contributed by atoms with E-state index in [1.165, 1.54) is 0 Å². The Hall–Kier alpha value is -3.44. The predicted molar refractivity (Wildman–Crippen MR) is 129 cm³/mol. The Bertz CT molecular complexity index is 1200. The topological polar surface area (TPSA) is 42.4 Å². The minimum absolute atomic E-state index is 0.0238. The summed E-state index contributed by atoms with van der Waals surface area (Å²) >= 11 is 1.62. The number of benzene rings is 3. The van der Waals surface area contributed by atoms with Crippen molar-refractivity contribution in [1.82, 2.24) is 4.98 Å². The molecule has 5 rings (SSSR count). The summed E-state index contributed by atoms with van der Waals surface area (Å²) in [4.78, 5) is 20.3. The van der Waals surface area contributed by atoms with Gasteiger partial charge in [0.1, 0.15) is 5.75 Å². The lowest BCUT2D eigenvalue weighted by Crippen LogP contribution is -2.47. The molecule has 4 aromatic rings. The minimum Gasteiger partial charge on any atom is -0.478 e. The van der Waals surface area contributed by atoms with Crippen molar-refractivity contribution < 1.29 is 9.53 Å². The van der Waals surface area contributed by atoms with E-state index in [-0.39, 0.29) is 11.9 Å². The summed E-state index contributed by atoms with van der Waals surface area (Å²) in [6.07, 6.45) is 0.0998. The van der Waals surface area contributed by atoms with E-state index in [1.54, 1.807) is 11.3 Å². The first-order valence-corrected chi connectivity index (χ1v) is 11.7. The number of hydrogen-bond donors (Lipinski definition) is 0. The van der Waals surface area contributed by atoms with Crippen LogP contribution in [0.2, 0.25) is 0 Å². The summed E-state index contributed by atoms with van der Waals surface area (Å²) in [5.41, 5.74) is 4.79. The molecule has 3 aromatic carbocycles. The van der Waals surface area contributed by atoms with Crippen molar-refractivity contribution in [2.24, 2.45) is 0 Å². The van der Waals surface area contributed by atoms with E-state index in [0.29, 0.717) is 6.42 Å². The number of thiazole rings is 1. The molecule has 0 radical (unpaired) electrons. The van der Waals surface area contributed by atoms with Gasteiger partial charge in [0, 0.05) is 10.9 Å². The maximum absolute atomic E-state index is 13.7. The van der Waals surface area contributed by atoms with Gasteiger partial charge >= 0.3 is 0 Å². The smallest absolute Gasteiger partial charge is 0.269 e. The quantitative estimate of drug-likeness (QED) is 0.360. The highest BCUT2D eigenvalue weighted by molar-refractivity contribution is 7.09. The first-order valence-electron chi connectivity index (χ1n) is 10.8. The minimum atomic E-state index is -0.509. The fourth-order valence-electron chi connectivity index (χ4n) is 4.22. The summed E-state index contributed by atoms with van der Waals surface area (Å²) in [6.45, 7) is 3.98. The van der Waals surface area contributed by atoms with Gasteiger partial charge in [0.05, 0.1) is 22.4 Å². The average Bonchev–Trinajstić information content (AvgIpc) is 3.28. The molecule has 4 nitrogen and oxygen atoms in total. The zero-order chi connectivity index (χ0) is 22.1. The van der Waals surface area contributed by atoms with Gasteiger partial charge in [-0.15, -0.1) is 11.3 Å². The van der Waals surface area contributed by atoms with Crippen molar-refractivity contribution >= 4 is 22.9 Å². The molecule has 0 fully saturated rings. The van der Waals surface area contributed by atoms with Crippen molar-refractivity contribution in [3.63, 3.8) is 0 Å². The van der Waals surface area contributed by atoms with Crippen LogP contribution in [0.3, 0.4) is 0 Å². The van der Waals surface area contributed by atoms with Gasteiger partial charge in [-0.3, -0.25) is 9.69 Å². The second-order valence-electron chi connectivity index (χ2n) is 7.88. The Morgan fingerprint density at radius 1 is 1.00 bits per heavy atom. The Kier molecular flexibility index (Phi) is 5.50. The van der Waals surface area contributed by atoms with Crippen LogP contribution in [-0.2, 0) is 4.79 Å². The fourth-order valence-corrected chi connectivity index (χ4v) is 4.85. The number of aromatic nitrogens is 1. The van der Waals surface area contributed by atoms with E-state index in [1.807, 2.05) is 78.7 Å². The van der Waals surface area contributed by atoms with E-state index in [9.17, 15) is 4.79 Å². The monoisotopic (exact) mass is 440 g/mol. The van der Waals surface area contributed by atoms with Crippen molar-refractivity contribution in [2.75, 3.05) is 4.90 Å². The third-order valence-corrected chi connectivity index (χ3v) is 6.55. The molecular weight excluding hydrogens is 416 g/mol. The zero-order valence-electron chi connectivity index (χ0n) is 18.1. The molecule has 1 aliphatic heterocycles. The number of carbonyl (C=O) groups excluding carboxylic acids is 1. The highest BCUT2D eigenvalue weighted by Crippen LogP contribution is 2.44. The van der Waals surface area contributed by atoms with Crippen molar-refractivity contribution in [3.05, 3.63) is 100 Å². The molecule has 0 N–H and O–H groups in total. The molecule has 0 aliphatic carbocycles. The maximum atomic E-state index is 13.7. The van der Waals surface area contributed by atoms with Crippen LogP contribution >= 0.6 is 11.3 Å². The Balaban J connectivity index is 1.71. The SMILES string of the molecule is CCC1Oc2ccc(-c3csc(C)n3)cc2N(C(c2ccccc2)c2ccccc2)C1=O. The molecule has 160 valence electrons. The summed E-state index contributed by atoms with van der Waals surface area (Å²) in [5.74, 6) is 0.702. The van der Waals surface area contributed by atoms with Gasteiger partial charge in [0.2, 0.25) is 0 Å². The third-order valence-electron chi connectivity index (χ3n) is 5.77. The predicted octanol–water partition coefficient (Wildman–Crippen LogP) is 6.41. The number of ether oxygens (including phenoxy) is 1. The maximum Gasteiger partial charge on any atom is 0.269 e. The van der Waals surface area contributed by atoms with Gasteiger partial charge in [-0.05, 0) is 42.7 Å². The van der Waals surface area contributed by atoms with Gasteiger partial charge < -0.3 is 4.74 Å². The number of nitrogens with zero attached hydrogens (tertiary/aromatic N) is 2. The highest BCUT2D eigenvalue weighted by Gasteiger charge is 2.39. The second-order valence-corrected chi connectivity index (χ2v) is 8.94. The first-order chi connectivity index (χ1) is 15.7. The zero-order valence-corrected chi connectivity index (χ0v) is 18.9. The van der Waals surface area contributed by atoms with Crippen LogP contribution in [0, 0.1) is 6.92 Å². The molecule has 1 amide bonds. The lowest BCUT2D eigenvalue weighted by molar-refractivity contribution is -0.126.